The number of hydrogen-bond donors (Lipinski definition) is 0. The minimum Gasteiger partial charge on any atom is -0.309 e. The van der Waals surface area contributed by atoms with Gasteiger partial charge in [0.2, 0.25) is 0 Å². The Morgan fingerprint density at radius 3 is 2.77 bits per heavy atom. The van der Waals surface area contributed by atoms with E-state index in [4.69, 9.17) is 0 Å². The van der Waals surface area contributed by atoms with Crippen LogP contribution in [0.2, 0.25) is 0 Å². The van der Waals surface area contributed by atoms with Gasteiger partial charge in [-0.3, -0.25) is 0 Å². The first-order chi connectivity index (χ1) is 6.11. The van der Waals surface area contributed by atoms with Crippen LogP contribution in [0.15, 0.2) is 12.1 Å². The number of nitrogens with zero attached hydrogens (tertiary/aromatic N) is 1. The molecular weight excluding hydrogens is 280 g/mol. The third-order valence-corrected chi connectivity index (χ3v) is 2.76. The first kappa shape index (κ1) is 10.9. The SMILES string of the molecule is CN(C)CCc1c(I)[c]ccc1F. The Morgan fingerprint density at radius 2 is 2.23 bits per heavy atom. The van der Waals surface area contributed by atoms with E-state index in [9.17, 15) is 4.39 Å². The normalized spacial score (nSPS) is 10.8. The van der Waals surface area contributed by atoms with Gasteiger partial charge in [-0.2, -0.15) is 0 Å². The van der Waals surface area contributed by atoms with Crippen LogP contribution in [0.25, 0.3) is 0 Å². The van der Waals surface area contributed by atoms with Crippen LogP contribution in [0.1, 0.15) is 5.56 Å². The first-order valence-corrected chi connectivity index (χ1v) is 5.18. The van der Waals surface area contributed by atoms with E-state index < -0.39 is 0 Å². The zero-order chi connectivity index (χ0) is 9.84. The minimum atomic E-state index is -0.120. The molecule has 0 atom stereocenters. The molecule has 0 unspecified atom stereocenters. The van der Waals surface area contributed by atoms with Gasteiger partial charge < -0.3 is 4.90 Å². The minimum absolute atomic E-state index is 0.120. The molecule has 1 nitrogen and oxygen atoms in total. The largest absolute Gasteiger partial charge is 0.309 e. The lowest BCUT2D eigenvalue weighted by molar-refractivity contribution is 0.409. The summed E-state index contributed by atoms with van der Waals surface area (Å²) in [6.45, 7) is 0.866. The maximum absolute atomic E-state index is 13.3. The van der Waals surface area contributed by atoms with E-state index in [1.54, 1.807) is 6.07 Å². The summed E-state index contributed by atoms with van der Waals surface area (Å²) in [5.41, 5.74) is 0.775. The number of hydrogen-bond acceptors (Lipinski definition) is 1. The molecule has 1 aromatic rings. The van der Waals surface area contributed by atoms with Gasteiger partial charge in [-0.15, -0.1) is 0 Å². The fourth-order valence-corrected chi connectivity index (χ4v) is 1.75. The van der Waals surface area contributed by atoms with Crippen molar-refractivity contribution in [3.05, 3.63) is 33.1 Å². The summed E-state index contributed by atoms with van der Waals surface area (Å²) in [5, 5.41) is 0. The van der Waals surface area contributed by atoms with Crippen LogP contribution in [0.5, 0.6) is 0 Å². The predicted molar refractivity (Wildman–Crippen MR) is 60.2 cm³/mol. The average molecular weight is 292 g/mol. The van der Waals surface area contributed by atoms with Crippen LogP contribution in [-0.2, 0) is 6.42 Å². The molecule has 0 aliphatic carbocycles. The fourth-order valence-electron chi connectivity index (χ4n) is 1.05. The highest BCUT2D eigenvalue weighted by Gasteiger charge is 2.06. The third kappa shape index (κ3) is 3.23. The number of benzene rings is 1. The van der Waals surface area contributed by atoms with Gasteiger partial charge in [0.25, 0.3) is 0 Å². The van der Waals surface area contributed by atoms with Crippen molar-refractivity contribution in [2.45, 2.75) is 6.42 Å². The highest BCUT2D eigenvalue weighted by molar-refractivity contribution is 14.1. The lowest BCUT2D eigenvalue weighted by atomic mass is 10.1. The molecule has 0 saturated carbocycles. The smallest absolute Gasteiger partial charge is 0.127 e. The standard InChI is InChI=1S/C10H12FIN/c1-13(2)7-6-8-9(11)4-3-5-10(8)12/h3-4H,6-7H2,1-2H3. The zero-order valence-electron chi connectivity index (χ0n) is 7.77. The predicted octanol–water partition coefficient (Wildman–Crippen LogP) is 2.33. The molecule has 0 amide bonds. The van der Waals surface area contributed by atoms with Crippen LogP contribution in [0.4, 0.5) is 4.39 Å². The molecule has 1 radical (unpaired) electrons. The molecule has 1 rings (SSSR count). The van der Waals surface area contributed by atoms with E-state index in [2.05, 4.69) is 28.7 Å². The van der Waals surface area contributed by atoms with Crippen molar-refractivity contribution in [2.75, 3.05) is 20.6 Å². The highest BCUT2D eigenvalue weighted by Crippen LogP contribution is 2.15. The lowest BCUT2D eigenvalue weighted by Gasteiger charge is -2.10. The zero-order valence-corrected chi connectivity index (χ0v) is 9.93. The molecular formula is C10H12FIN. The summed E-state index contributed by atoms with van der Waals surface area (Å²) in [6, 6.07) is 6.08. The monoisotopic (exact) mass is 292 g/mol. The number of halogens is 2. The number of likely N-dealkylation sites (N-methyl/N-ethyl adjacent to an activating group) is 1. The van der Waals surface area contributed by atoms with Crippen LogP contribution in [0.3, 0.4) is 0 Å². The van der Waals surface area contributed by atoms with Crippen molar-refractivity contribution in [3.63, 3.8) is 0 Å². The van der Waals surface area contributed by atoms with Crippen molar-refractivity contribution in [1.82, 2.24) is 4.90 Å². The molecule has 0 bridgehead atoms. The Bertz CT molecular complexity index is 266. The fraction of sp³-hybridized carbons (Fsp3) is 0.400. The van der Waals surface area contributed by atoms with Gasteiger partial charge in [-0.05, 0) is 55.2 Å². The third-order valence-electron chi connectivity index (χ3n) is 1.80. The molecule has 0 fully saturated rings. The maximum Gasteiger partial charge on any atom is 0.127 e. The average Bonchev–Trinajstić information content (AvgIpc) is 2.03. The molecule has 0 spiro atoms. The second-order valence-electron chi connectivity index (χ2n) is 3.17. The molecule has 0 heterocycles. The summed E-state index contributed by atoms with van der Waals surface area (Å²) in [5.74, 6) is -0.120. The second-order valence-corrected chi connectivity index (χ2v) is 4.25. The van der Waals surface area contributed by atoms with E-state index in [1.807, 2.05) is 19.0 Å². The summed E-state index contributed by atoms with van der Waals surface area (Å²) >= 11 is 2.12. The second kappa shape index (κ2) is 4.91. The van der Waals surface area contributed by atoms with Gasteiger partial charge in [0.05, 0.1) is 0 Å². The molecule has 0 aliphatic rings. The van der Waals surface area contributed by atoms with Gasteiger partial charge in [-0.25, -0.2) is 4.39 Å². The summed E-state index contributed by atoms with van der Waals surface area (Å²) in [4.78, 5) is 2.04. The number of rotatable bonds is 3. The van der Waals surface area contributed by atoms with E-state index >= 15 is 0 Å². The topological polar surface area (TPSA) is 3.24 Å². The molecule has 0 aromatic heterocycles. The van der Waals surface area contributed by atoms with Crippen molar-refractivity contribution >= 4 is 22.6 Å². The molecule has 71 valence electrons. The summed E-state index contributed by atoms with van der Waals surface area (Å²) in [7, 11) is 3.97. The quantitative estimate of drug-likeness (QED) is 0.773. The van der Waals surface area contributed by atoms with Gasteiger partial charge >= 0.3 is 0 Å². The van der Waals surface area contributed by atoms with Gasteiger partial charge in [0.15, 0.2) is 0 Å². The van der Waals surface area contributed by atoms with Crippen LogP contribution in [0, 0.1) is 15.5 Å². The van der Waals surface area contributed by atoms with Gasteiger partial charge in [0, 0.05) is 15.7 Å². The van der Waals surface area contributed by atoms with E-state index in [-0.39, 0.29) is 5.82 Å². The van der Waals surface area contributed by atoms with E-state index in [1.165, 1.54) is 6.07 Å². The lowest BCUT2D eigenvalue weighted by Crippen LogP contribution is -2.16. The van der Waals surface area contributed by atoms with Gasteiger partial charge in [0.1, 0.15) is 5.82 Å². The Kier molecular flexibility index (Phi) is 4.12. The first-order valence-electron chi connectivity index (χ1n) is 4.10. The van der Waals surface area contributed by atoms with Crippen molar-refractivity contribution < 1.29 is 4.39 Å². The Labute approximate surface area is 92.1 Å². The molecule has 13 heavy (non-hydrogen) atoms. The van der Waals surface area contributed by atoms with E-state index in [0.717, 1.165) is 22.1 Å². The highest BCUT2D eigenvalue weighted by atomic mass is 127. The summed E-state index contributed by atoms with van der Waals surface area (Å²) < 4.78 is 14.1. The van der Waals surface area contributed by atoms with Crippen LogP contribution in [-0.4, -0.2) is 25.5 Å². The van der Waals surface area contributed by atoms with Crippen molar-refractivity contribution in [3.8, 4) is 0 Å². The van der Waals surface area contributed by atoms with Crippen LogP contribution >= 0.6 is 22.6 Å². The molecule has 0 saturated heterocycles. The maximum atomic E-state index is 13.3. The molecule has 0 aliphatic heterocycles. The molecule has 3 heteroatoms. The summed E-state index contributed by atoms with van der Waals surface area (Å²) in [6.07, 6.45) is 0.744. The van der Waals surface area contributed by atoms with E-state index in [0.29, 0.717) is 0 Å². The van der Waals surface area contributed by atoms with Gasteiger partial charge in [-0.1, -0.05) is 6.07 Å². The Morgan fingerprint density at radius 1 is 1.54 bits per heavy atom. The van der Waals surface area contributed by atoms with Crippen LogP contribution < -0.4 is 0 Å². The molecule has 0 N–H and O–H groups in total. The van der Waals surface area contributed by atoms with Crippen molar-refractivity contribution in [2.24, 2.45) is 0 Å². The molecule has 1 aromatic carbocycles. The Hall–Kier alpha value is -0.160. The van der Waals surface area contributed by atoms with Crippen molar-refractivity contribution in [1.29, 1.82) is 0 Å². The Balaban J connectivity index is 2.75.